The number of likely N-dealkylation sites (N-methyl/N-ethyl adjacent to an activating group) is 1. The van der Waals surface area contributed by atoms with Crippen LogP contribution in [0, 0.1) is 23.2 Å². The first-order valence-corrected chi connectivity index (χ1v) is 5.29. The standard InChI is InChI=1S/C11H10N2O4/c1-13-6(4-12)11-3-2-5(17-11)7(10(15)16)8(11)9(13)14/h2-3,5-8H,1H3,(H,15,16)/t5-,6?,7-,8+,11-/m0/s1. The molecule has 1 unspecified atom stereocenters. The van der Waals surface area contributed by atoms with Crippen LogP contribution in [0.3, 0.4) is 0 Å². The maximum absolute atomic E-state index is 12.1. The first kappa shape index (κ1) is 10.3. The molecule has 0 aliphatic carbocycles. The number of hydrogen-bond acceptors (Lipinski definition) is 4. The lowest BCUT2D eigenvalue weighted by Crippen LogP contribution is -2.43. The van der Waals surface area contributed by atoms with Crippen LogP contribution in [-0.4, -0.2) is 46.7 Å². The van der Waals surface area contributed by atoms with Crippen molar-refractivity contribution in [3.8, 4) is 6.07 Å². The van der Waals surface area contributed by atoms with Crippen LogP contribution in [0.4, 0.5) is 0 Å². The predicted octanol–water partition coefficient (Wildman–Crippen LogP) is -0.625. The number of rotatable bonds is 1. The predicted molar refractivity (Wildman–Crippen MR) is 53.5 cm³/mol. The van der Waals surface area contributed by atoms with Gasteiger partial charge in [-0.3, -0.25) is 9.59 Å². The van der Waals surface area contributed by atoms with Gasteiger partial charge in [0.1, 0.15) is 11.5 Å². The monoisotopic (exact) mass is 234 g/mol. The average Bonchev–Trinajstić information content (AvgIpc) is 2.88. The number of carbonyl (C=O) groups excluding carboxylic acids is 1. The van der Waals surface area contributed by atoms with Crippen molar-refractivity contribution in [2.45, 2.75) is 17.7 Å². The molecule has 6 nitrogen and oxygen atoms in total. The highest BCUT2D eigenvalue weighted by Gasteiger charge is 2.71. The smallest absolute Gasteiger partial charge is 0.310 e. The van der Waals surface area contributed by atoms with Gasteiger partial charge in [0.15, 0.2) is 6.04 Å². The Morgan fingerprint density at radius 3 is 3.00 bits per heavy atom. The highest BCUT2D eigenvalue weighted by molar-refractivity contribution is 5.91. The fourth-order valence-corrected chi connectivity index (χ4v) is 3.19. The van der Waals surface area contributed by atoms with Crippen LogP contribution < -0.4 is 0 Å². The summed E-state index contributed by atoms with van der Waals surface area (Å²) in [7, 11) is 1.51. The van der Waals surface area contributed by atoms with Crippen LogP contribution in [0.25, 0.3) is 0 Å². The van der Waals surface area contributed by atoms with Gasteiger partial charge >= 0.3 is 5.97 Å². The molecule has 3 heterocycles. The Bertz CT molecular complexity index is 494. The molecule has 1 amide bonds. The molecule has 0 aromatic carbocycles. The fourth-order valence-electron chi connectivity index (χ4n) is 3.19. The molecule has 3 aliphatic heterocycles. The number of hydrogen-bond donors (Lipinski definition) is 1. The quantitative estimate of drug-likeness (QED) is 0.610. The molecule has 3 rings (SSSR count). The van der Waals surface area contributed by atoms with Crippen molar-refractivity contribution in [3.05, 3.63) is 12.2 Å². The number of nitrogens with zero attached hydrogens (tertiary/aromatic N) is 2. The Balaban J connectivity index is 2.14. The minimum Gasteiger partial charge on any atom is -0.481 e. The second-order valence-corrected chi connectivity index (χ2v) is 4.62. The lowest BCUT2D eigenvalue weighted by Gasteiger charge is -2.25. The lowest BCUT2D eigenvalue weighted by atomic mass is 9.75. The number of carboxylic acids is 1. The fraction of sp³-hybridized carbons (Fsp3) is 0.545. The van der Waals surface area contributed by atoms with Crippen molar-refractivity contribution in [2.75, 3.05) is 7.05 Å². The van der Waals surface area contributed by atoms with Gasteiger partial charge in [-0.2, -0.15) is 5.26 Å². The zero-order valence-corrected chi connectivity index (χ0v) is 9.03. The summed E-state index contributed by atoms with van der Waals surface area (Å²) < 4.78 is 5.63. The van der Waals surface area contributed by atoms with Crippen LogP contribution in [-0.2, 0) is 14.3 Å². The molecule has 3 aliphatic rings. The molecular formula is C11H10N2O4. The first-order chi connectivity index (χ1) is 8.03. The molecule has 6 heteroatoms. The number of carboxylic acid groups (broad SMARTS) is 1. The third-order valence-electron chi connectivity index (χ3n) is 3.92. The van der Waals surface area contributed by atoms with Crippen molar-refractivity contribution in [1.29, 1.82) is 5.26 Å². The van der Waals surface area contributed by atoms with E-state index in [-0.39, 0.29) is 5.91 Å². The molecule has 17 heavy (non-hydrogen) atoms. The normalized spacial score (nSPS) is 46.1. The summed E-state index contributed by atoms with van der Waals surface area (Å²) in [6, 6.07) is 1.28. The van der Waals surface area contributed by atoms with E-state index in [0.717, 1.165) is 0 Å². The molecule has 2 saturated heterocycles. The first-order valence-electron chi connectivity index (χ1n) is 5.29. The minimum absolute atomic E-state index is 0.323. The molecule has 88 valence electrons. The molecule has 0 aromatic rings. The van der Waals surface area contributed by atoms with Gasteiger partial charge in [-0.15, -0.1) is 0 Å². The lowest BCUT2D eigenvalue weighted by molar-refractivity contribution is -0.147. The van der Waals surface area contributed by atoms with E-state index in [2.05, 4.69) is 0 Å². The van der Waals surface area contributed by atoms with E-state index < -0.39 is 35.6 Å². The van der Waals surface area contributed by atoms with Gasteiger partial charge in [0.2, 0.25) is 5.91 Å². The van der Waals surface area contributed by atoms with E-state index in [1.54, 1.807) is 12.2 Å². The van der Waals surface area contributed by atoms with E-state index in [0.29, 0.717) is 0 Å². The van der Waals surface area contributed by atoms with E-state index in [4.69, 9.17) is 10.00 Å². The van der Waals surface area contributed by atoms with Crippen LogP contribution in [0.5, 0.6) is 0 Å². The average molecular weight is 234 g/mol. The molecule has 0 radical (unpaired) electrons. The topological polar surface area (TPSA) is 90.6 Å². The maximum Gasteiger partial charge on any atom is 0.310 e. The highest BCUT2D eigenvalue weighted by atomic mass is 16.5. The number of aliphatic carboxylic acids is 1. The number of carbonyl (C=O) groups is 2. The Labute approximate surface area is 97.1 Å². The Morgan fingerprint density at radius 2 is 2.41 bits per heavy atom. The highest BCUT2D eigenvalue weighted by Crippen LogP contribution is 2.54. The van der Waals surface area contributed by atoms with Gasteiger partial charge in [-0.25, -0.2) is 0 Å². The van der Waals surface area contributed by atoms with Crippen LogP contribution in [0.15, 0.2) is 12.2 Å². The molecule has 0 aromatic heterocycles. The maximum atomic E-state index is 12.1. The molecule has 1 spiro atoms. The second-order valence-electron chi connectivity index (χ2n) is 4.62. The molecule has 5 atom stereocenters. The summed E-state index contributed by atoms with van der Waals surface area (Å²) in [5.41, 5.74) is -1.06. The van der Waals surface area contributed by atoms with Gasteiger partial charge in [0.25, 0.3) is 0 Å². The summed E-state index contributed by atoms with van der Waals surface area (Å²) >= 11 is 0. The van der Waals surface area contributed by atoms with E-state index in [9.17, 15) is 14.7 Å². The van der Waals surface area contributed by atoms with E-state index in [1.807, 2.05) is 6.07 Å². The van der Waals surface area contributed by atoms with Crippen molar-refractivity contribution in [2.24, 2.45) is 11.8 Å². The molecule has 2 fully saturated rings. The van der Waals surface area contributed by atoms with Gasteiger partial charge in [0, 0.05) is 7.05 Å². The van der Waals surface area contributed by atoms with Gasteiger partial charge < -0.3 is 14.7 Å². The van der Waals surface area contributed by atoms with Crippen molar-refractivity contribution >= 4 is 11.9 Å². The summed E-state index contributed by atoms with van der Waals surface area (Å²) in [4.78, 5) is 24.5. The molecule has 2 bridgehead atoms. The summed E-state index contributed by atoms with van der Waals surface area (Å²) in [6.45, 7) is 0. The third kappa shape index (κ3) is 0.936. The van der Waals surface area contributed by atoms with Crippen molar-refractivity contribution in [3.63, 3.8) is 0 Å². The largest absolute Gasteiger partial charge is 0.481 e. The van der Waals surface area contributed by atoms with E-state index in [1.165, 1.54) is 11.9 Å². The minimum atomic E-state index is -1.06. The van der Waals surface area contributed by atoms with Gasteiger partial charge in [0.05, 0.1) is 18.1 Å². The Morgan fingerprint density at radius 1 is 1.71 bits per heavy atom. The summed E-state index contributed by atoms with van der Waals surface area (Å²) in [5.74, 6) is -3.03. The van der Waals surface area contributed by atoms with Crippen LogP contribution >= 0.6 is 0 Å². The zero-order valence-electron chi connectivity index (χ0n) is 9.03. The Hall–Kier alpha value is -1.87. The number of fused-ring (bicyclic) bond motifs is 1. The summed E-state index contributed by atoms with van der Waals surface area (Å²) in [5, 5.41) is 18.3. The van der Waals surface area contributed by atoms with Gasteiger partial charge in [-0.05, 0) is 0 Å². The van der Waals surface area contributed by atoms with Crippen molar-refractivity contribution < 1.29 is 19.4 Å². The number of amides is 1. The Kier molecular flexibility index (Phi) is 1.74. The van der Waals surface area contributed by atoms with Crippen LogP contribution in [0.1, 0.15) is 0 Å². The van der Waals surface area contributed by atoms with Crippen molar-refractivity contribution in [1.82, 2.24) is 4.90 Å². The van der Waals surface area contributed by atoms with Gasteiger partial charge in [-0.1, -0.05) is 12.2 Å². The second kappa shape index (κ2) is 2.87. The molecule has 0 saturated carbocycles. The SMILES string of the molecule is CN1C(=O)[C@H]2[C@@H](C(=O)O)[C@@H]3C=C[C@]2(O3)C1C#N. The van der Waals surface area contributed by atoms with E-state index >= 15 is 0 Å². The number of ether oxygens (including phenoxy) is 1. The third-order valence-corrected chi connectivity index (χ3v) is 3.92. The number of nitriles is 1. The van der Waals surface area contributed by atoms with Crippen LogP contribution in [0.2, 0.25) is 0 Å². The molecule has 1 N–H and O–H groups in total. The number of likely N-dealkylation sites (tertiary alicyclic amines) is 1. The molecular weight excluding hydrogens is 224 g/mol. The zero-order chi connectivity index (χ0) is 12.4. The summed E-state index contributed by atoms with van der Waals surface area (Å²) in [6.07, 6.45) is 2.73.